The summed E-state index contributed by atoms with van der Waals surface area (Å²) in [7, 11) is 1.85. The van der Waals surface area contributed by atoms with Crippen molar-refractivity contribution in [2.75, 3.05) is 20.2 Å². The number of aromatic nitrogens is 1. The standard InChI is InChI=1S/C20H20BrF4N3O2/c1-28-7-9(19(30)27-14(8-29)17(22)20(23,24)25)5-11-10-3-2-4-13-16(10)12(6-15(11)28)18(21)26-13/h2-5,9,14-15,17,26,29H,6-8H2,1H3,(H,27,30). The van der Waals surface area contributed by atoms with Gasteiger partial charge in [-0.05, 0) is 52.2 Å². The summed E-state index contributed by atoms with van der Waals surface area (Å²) in [6.45, 7) is -0.872. The van der Waals surface area contributed by atoms with Crippen molar-refractivity contribution in [1.29, 1.82) is 0 Å². The van der Waals surface area contributed by atoms with Crippen molar-refractivity contribution < 1.29 is 27.5 Å². The highest BCUT2D eigenvalue weighted by atomic mass is 79.9. The average Bonchev–Trinajstić information content (AvgIpc) is 3.02. The molecule has 1 aromatic heterocycles. The number of fused-ring (bicyclic) bond motifs is 2. The minimum Gasteiger partial charge on any atom is -0.394 e. The molecule has 1 amide bonds. The third-order valence-corrected chi connectivity index (χ3v) is 6.54. The molecule has 2 aliphatic rings. The molecule has 4 atom stereocenters. The Morgan fingerprint density at radius 2 is 2.17 bits per heavy atom. The lowest BCUT2D eigenvalue weighted by Gasteiger charge is -2.39. The monoisotopic (exact) mass is 489 g/mol. The first kappa shape index (κ1) is 21.3. The molecular weight excluding hydrogens is 470 g/mol. The average molecular weight is 490 g/mol. The second-order valence-electron chi connectivity index (χ2n) is 7.77. The van der Waals surface area contributed by atoms with Crippen molar-refractivity contribution in [2.24, 2.45) is 5.92 Å². The molecule has 30 heavy (non-hydrogen) atoms. The number of benzene rings is 1. The lowest BCUT2D eigenvalue weighted by atomic mass is 9.79. The molecule has 1 aliphatic carbocycles. The van der Waals surface area contributed by atoms with Crippen LogP contribution in [-0.2, 0) is 11.2 Å². The number of likely N-dealkylation sites (N-methyl/N-ethyl adjacent to an activating group) is 1. The molecule has 162 valence electrons. The van der Waals surface area contributed by atoms with Gasteiger partial charge in [0.15, 0.2) is 0 Å². The molecule has 4 rings (SSSR count). The van der Waals surface area contributed by atoms with Crippen molar-refractivity contribution in [3.8, 4) is 0 Å². The molecule has 0 radical (unpaired) electrons. The summed E-state index contributed by atoms with van der Waals surface area (Å²) in [6, 6.07) is 3.78. The molecule has 0 spiro atoms. The number of hydrogen-bond acceptors (Lipinski definition) is 3. The topological polar surface area (TPSA) is 68.4 Å². The van der Waals surface area contributed by atoms with Gasteiger partial charge in [0.2, 0.25) is 12.1 Å². The lowest BCUT2D eigenvalue weighted by molar-refractivity contribution is -0.191. The Bertz CT molecular complexity index is 1020. The van der Waals surface area contributed by atoms with Gasteiger partial charge >= 0.3 is 6.18 Å². The minimum absolute atomic E-state index is 0.0111. The predicted molar refractivity (Wildman–Crippen MR) is 108 cm³/mol. The summed E-state index contributed by atoms with van der Waals surface area (Å²) in [5, 5.41) is 12.3. The minimum atomic E-state index is -5.16. The number of alkyl halides is 4. The molecule has 4 unspecified atom stereocenters. The van der Waals surface area contributed by atoms with Crippen LogP contribution < -0.4 is 5.32 Å². The maximum atomic E-state index is 13.6. The van der Waals surface area contributed by atoms with Gasteiger partial charge in [-0.3, -0.25) is 9.69 Å². The van der Waals surface area contributed by atoms with Crippen LogP contribution in [0.2, 0.25) is 0 Å². The largest absolute Gasteiger partial charge is 0.421 e. The van der Waals surface area contributed by atoms with E-state index in [1.807, 2.05) is 35.5 Å². The first-order chi connectivity index (χ1) is 14.1. The van der Waals surface area contributed by atoms with E-state index >= 15 is 0 Å². The van der Waals surface area contributed by atoms with Crippen LogP contribution in [-0.4, -0.2) is 65.5 Å². The van der Waals surface area contributed by atoms with E-state index in [0.717, 1.165) is 32.2 Å². The van der Waals surface area contributed by atoms with E-state index in [9.17, 15) is 27.5 Å². The Balaban J connectivity index is 1.66. The lowest BCUT2D eigenvalue weighted by Crippen LogP contribution is -2.53. The zero-order valence-corrected chi connectivity index (χ0v) is 17.5. The molecular formula is C20H20BrF4N3O2. The van der Waals surface area contributed by atoms with Crippen molar-refractivity contribution in [1.82, 2.24) is 15.2 Å². The molecule has 5 nitrogen and oxygen atoms in total. The molecule has 0 fully saturated rings. The van der Waals surface area contributed by atoms with Crippen LogP contribution in [0, 0.1) is 5.92 Å². The summed E-state index contributed by atoms with van der Waals surface area (Å²) in [4.78, 5) is 17.9. The Morgan fingerprint density at radius 3 is 2.83 bits per heavy atom. The molecule has 0 saturated heterocycles. The molecule has 0 bridgehead atoms. The second kappa shape index (κ2) is 7.65. The number of rotatable bonds is 4. The van der Waals surface area contributed by atoms with Crippen LogP contribution in [0.5, 0.6) is 0 Å². The number of aliphatic hydroxyl groups excluding tert-OH is 1. The van der Waals surface area contributed by atoms with Gasteiger partial charge in [0.25, 0.3) is 0 Å². The van der Waals surface area contributed by atoms with E-state index in [1.165, 1.54) is 0 Å². The van der Waals surface area contributed by atoms with Gasteiger partial charge in [-0.25, -0.2) is 4.39 Å². The van der Waals surface area contributed by atoms with Crippen LogP contribution in [0.3, 0.4) is 0 Å². The Labute approximate surface area is 178 Å². The van der Waals surface area contributed by atoms with E-state index in [1.54, 1.807) is 6.08 Å². The third-order valence-electron chi connectivity index (χ3n) is 5.87. The summed E-state index contributed by atoms with van der Waals surface area (Å²) < 4.78 is 52.5. The Hall–Kier alpha value is -1.91. The summed E-state index contributed by atoms with van der Waals surface area (Å²) in [5.74, 6) is -1.51. The van der Waals surface area contributed by atoms with E-state index in [0.29, 0.717) is 6.42 Å². The predicted octanol–water partition coefficient (Wildman–Crippen LogP) is 3.18. The highest BCUT2D eigenvalue weighted by molar-refractivity contribution is 9.10. The third kappa shape index (κ3) is 3.54. The number of hydrogen-bond donors (Lipinski definition) is 3. The SMILES string of the molecule is CN1CC(C(=O)NC(CO)C(F)C(F)(F)F)C=C2c3cccc4[nH]c(Br)c(c34)CC21. The van der Waals surface area contributed by atoms with Crippen LogP contribution in [0.1, 0.15) is 11.1 Å². The number of amides is 1. The van der Waals surface area contributed by atoms with E-state index in [2.05, 4.69) is 20.9 Å². The maximum Gasteiger partial charge on any atom is 0.421 e. The molecule has 10 heteroatoms. The van der Waals surface area contributed by atoms with Gasteiger partial charge in [-0.2, -0.15) is 13.2 Å². The van der Waals surface area contributed by atoms with Crippen molar-refractivity contribution in [3.63, 3.8) is 0 Å². The molecule has 2 heterocycles. The van der Waals surface area contributed by atoms with Gasteiger partial charge in [-0.15, -0.1) is 0 Å². The Morgan fingerprint density at radius 1 is 1.43 bits per heavy atom. The summed E-state index contributed by atoms with van der Waals surface area (Å²) in [5.41, 5.74) is 3.97. The van der Waals surface area contributed by atoms with Crippen LogP contribution in [0.4, 0.5) is 17.6 Å². The molecule has 0 saturated carbocycles. The highest BCUT2D eigenvalue weighted by Crippen LogP contribution is 2.43. The number of nitrogens with zero attached hydrogens (tertiary/aromatic N) is 1. The number of aromatic amines is 1. The molecule has 3 N–H and O–H groups in total. The molecule has 1 aromatic carbocycles. The number of nitrogens with one attached hydrogen (secondary N) is 2. The summed E-state index contributed by atoms with van der Waals surface area (Å²) >= 11 is 3.57. The number of carbonyl (C=O) groups is 1. The Kier molecular flexibility index (Phi) is 5.44. The van der Waals surface area contributed by atoms with Crippen molar-refractivity contribution in [2.45, 2.75) is 30.9 Å². The summed E-state index contributed by atoms with van der Waals surface area (Å²) in [6.07, 6.45) is -6.02. The van der Waals surface area contributed by atoms with Crippen LogP contribution >= 0.6 is 15.9 Å². The normalized spacial score (nSPS) is 23.6. The fourth-order valence-electron chi connectivity index (χ4n) is 4.39. The van der Waals surface area contributed by atoms with Crippen LogP contribution in [0.15, 0.2) is 28.9 Å². The van der Waals surface area contributed by atoms with E-state index in [4.69, 9.17) is 0 Å². The molecule has 2 aromatic rings. The number of H-pyrrole nitrogens is 1. The number of carbonyl (C=O) groups excluding carboxylic acids is 1. The van der Waals surface area contributed by atoms with E-state index < -0.39 is 36.8 Å². The highest BCUT2D eigenvalue weighted by Gasteiger charge is 2.46. The van der Waals surface area contributed by atoms with Crippen LogP contribution in [0.25, 0.3) is 16.5 Å². The maximum absolute atomic E-state index is 13.6. The fourth-order valence-corrected chi connectivity index (χ4v) is 4.96. The first-order valence-electron chi connectivity index (χ1n) is 9.45. The smallest absolute Gasteiger partial charge is 0.394 e. The number of aliphatic hydroxyl groups is 1. The zero-order valence-electron chi connectivity index (χ0n) is 15.9. The fraction of sp³-hybridized carbons (Fsp3) is 0.450. The van der Waals surface area contributed by atoms with Gasteiger partial charge < -0.3 is 15.4 Å². The van der Waals surface area contributed by atoms with E-state index in [-0.39, 0.29) is 12.6 Å². The number of halogens is 5. The van der Waals surface area contributed by atoms with Crippen molar-refractivity contribution in [3.05, 3.63) is 40.0 Å². The van der Waals surface area contributed by atoms with Gasteiger partial charge in [-0.1, -0.05) is 18.2 Å². The zero-order chi connectivity index (χ0) is 21.8. The second-order valence-corrected chi connectivity index (χ2v) is 8.57. The van der Waals surface area contributed by atoms with Gasteiger partial charge in [0, 0.05) is 23.5 Å². The molecule has 1 aliphatic heterocycles. The van der Waals surface area contributed by atoms with Gasteiger partial charge in [0.05, 0.1) is 23.2 Å². The van der Waals surface area contributed by atoms with Gasteiger partial charge in [0.1, 0.15) is 0 Å². The quantitative estimate of drug-likeness (QED) is 0.577. The van der Waals surface area contributed by atoms with Crippen molar-refractivity contribution >= 4 is 38.3 Å². The first-order valence-corrected chi connectivity index (χ1v) is 10.2.